The molecule has 0 spiro atoms. The molecule has 0 unspecified atom stereocenters. The average molecular weight is 474 g/mol. The molecule has 0 aliphatic rings. The van der Waals surface area contributed by atoms with Crippen LogP contribution in [0, 0.1) is 0 Å². The monoisotopic (exact) mass is 473 g/mol. The lowest BCUT2D eigenvalue weighted by Crippen LogP contribution is -1.97. The zero-order valence-electron chi connectivity index (χ0n) is 20.1. The van der Waals surface area contributed by atoms with E-state index in [1.807, 2.05) is 30.5 Å². The number of hydrogen-bond acceptors (Lipinski definition) is 2. The molecule has 7 aromatic rings. The minimum atomic E-state index is 0.893. The number of benzene rings is 4. The van der Waals surface area contributed by atoms with Crippen molar-refractivity contribution in [3.8, 4) is 44.9 Å². The van der Waals surface area contributed by atoms with Gasteiger partial charge in [0.05, 0.1) is 16.9 Å². The van der Waals surface area contributed by atoms with Crippen LogP contribution in [0.25, 0.3) is 61.2 Å². The third kappa shape index (κ3) is 3.69. The van der Waals surface area contributed by atoms with Crippen molar-refractivity contribution in [1.82, 2.24) is 14.6 Å². The van der Waals surface area contributed by atoms with Crippen LogP contribution in [0.15, 0.2) is 140 Å². The summed E-state index contributed by atoms with van der Waals surface area (Å²) in [6.07, 6.45) is 1.84. The molecule has 3 heterocycles. The second kappa shape index (κ2) is 8.89. The molecule has 4 aromatic carbocycles. The van der Waals surface area contributed by atoms with Crippen molar-refractivity contribution in [2.24, 2.45) is 0 Å². The summed E-state index contributed by atoms with van der Waals surface area (Å²) in [6.45, 7) is 0. The zero-order valence-corrected chi connectivity index (χ0v) is 20.1. The van der Waals surface area contributed by atoms with Crippen molar-refractivity contribution in [3.05, 3.63) is 140 Å². The second-order valence-electron chi connectivity index (χ2n) is 9.13. The maximum Gasteiger partial charge on any atom is 0.101 e. The zero-order chi connectivity index (χ0) is 24.6. The topological polar surface area (TPSA) is 30.2 Å². The first-order chi connectivity index (χ1) is 18.4. The van der Waals surface area contributed by atoms with E-state index in [1.165, 1.54) is 16.5 Å². The molecule has 174 valence electrons. The highest BCUT2D eigenvalue weighted by molar-refractivity contribution is 6.08. The Kier molecular flexibility index (Phi) is 5.11. The van der Waals surface area contributed by atoms with Crippen LogP contribution in [0.4, 0.5) is 0 Å². The van der Waals surface area contributed by atoms with E-state index in [4.69, 9.17) is 5.10 Å². The summed E-state index contributed by atoms with van der Waals surface area (Å²) in [7, 11) is 0. The Morgan fingerprint density at radius 3 is 1.97 bits per heavy atom. The summed E-state index contributed by atoms with van der Waals surface area (Å²) in [5, 5.41) is 7.63. The summed E-state index contributed by atoms with van der Waals surface area (Å²) in [5.41, 5.74) is 9.61. The molecule has 0 aliphatic carbocycles. The van der Waals surface area contributed by atoms with Gasteiger partial charge in [-0.2, -0.15) is 5.10 Å². The van der Waals surface area contributed by atoms with Gasteiger partial charge < -0.3 is 0 Å². The lowest BCUT2D eigenvalue weighted by Gasteiger charge is -2.10. The molecule has 3 heteroatoms. The fourth-order valence-electron chi connectivity index (χ4n) is 5.14. The predicted molar refractivity (Wildman–Crippen MR) is 152 cm³/mol. The number of pyridine rings is 2. The van der Waals surface area contributed by atoms with Crippen molar-refractivity contribution < 1.29 is 0 Å². The Morgan fingerprint density at radius 1 is 0.514 bits per heavy atom. The number of aromatic nitrogens is 3. The van der Waals surface area contributed by atoms with E-state index in [-0.39, 0.29) is 0 Å². The van der Waals surface area contributed by atoms with Crippen molar-refractivity contribution in [2.75, 3.05) is 0 Å². The molecule has 0 radical (unpaired) electrons. The highest BCUT2D eigenvalue weighted by Crippen LogP contribution is 2.41. The minimum absolute atomic E-state index is 0.893. The Bertz CT molecular complexity index is 1850. The van der Waals surface area contributed by atoms with Crippen molar-refractivity contribution in [2.45, 2.75) is 0 Å². The molecule has 3 aromatic heterocycles. The number of hydrogen-bond donors (Lipinski definition) is 0. The van der Waals surface area contributed by atoms with Crippen LogP contribution < -0.4 is 0 Å². The second-order valence-corrected chi connectivity index (χ2v) is 9.13. The maximum absolute atomic E-state index is 5.30. The molecule has 0 fully saturated rings. The Morgan fingerprint density at radius 2 is 1.19 bits per heavy atom. The molecule has 7 rings (SSSR count). The smallest absolute Gasteiger partial charge is 0.101 e. The van der Waals surface area contributed by atoms with Crippen molar-refractivity contribution >= 4 is 16.3 Å². The summed E-state index contributed by atoms with van der Waals surface area (Å²) in [5.74, 6) is 0. The van der Waals surface area contributed by atoms with E-state index < -0.39 is 0 Å². The summed E-state index contributed by atoms with van der Waals surface area (Å²) < 4.78 is 2.08. The summed E-state index contributed by atoms with van der Waals surface area (Å²) in [4.78, 5) is 4.68. The van der Waals surface area contributed by atoms with Crippen LogP contribution in [0.5, 0.6) is 0 Å². The molecule has 0 saturated carbocycles. The van der Waals surface area contributed by atoms with Crippen LogP contribution in [-0.2, 0) is 0 Å². The van der Waals surface area contributed by atoms with Crippen LogP contribution in [-0.4, -0.2) is 14.6 Å². The van der Waals surface area contributed by atoms with Gasteiger partial charge in [0.2, 0.25) is 0 Å². The molecule has 0 N–H and O–H groups in total. The standard InChI is InChI=1S/C34H23N3/c1-3-12-24(13-4-1)26-17-11-18-28(22-26)33-32(25-14-5-2-6-15-25)34-29-19-8-7-16-27(29)23-31(37(34)36-33)30-20-9-10-21-35-30/h1-23H. The maximum atomic E-state index is 5.30. The van der Waals surface area contributed by atoms with Gasteiger partial charge in [-0.3, -0.25) is 4.98 Å². The SMILES string of the molecule is c1ccc(-c2cccc(-c3nn4c(-c5ccccn5)cc5ccccc5c4c3-c3ccccc3)c2)cc1. The minimum Gasteiger partial charge on any atom is -0.255 e. The number of rotatable bonds is 4. The first-order valence-electron chi connectivity index (χ1n) is 12.4. The van der Waals surface area contributed by atoms with E-state index in [0.29, 0.717) is 0 Å². The number of nitrogens with zero attached hydrogens (tertiary/aromatic N) is 3. The number of fused-ring (bicyclic) bond motifs is 3. The summed E-state index contributed by atoms with van der Waals surface area (Å²) >= 11 is 0. The predicted octanol–water partition coefficient (Wildman–Crippen LogP) is 8.55. The molecule has 37 heavy (non-hydrogen) atoms. The van der Waals surface area contributed by atoms with Crippen LogP contribution >= 0.6 is 0 Å². The first kappa shape index (κ1) is 21.3. The van der Waals surface area contributed by atoms with Gasteiger partial charge in [0.1, 0.15) is 5.69 Å². The third-order valence-electron chi connectivity index (χ3n) is 6.85. The average Bonchev–Trinajstić information content (AvgIpc) is 3.39. The lowest BCUT2D eigenvalue weighted by molar-refractivity contribution is 0.972. The molecule has 0 saturated heterocycles. The Balaban J connectivity index is 1.60. The van der Waals surface area contributed by atoms with Crippen molar-refractivity contribution in [3.63, 3.8) is 0 Å². The lowest BCUT2D eigenvalue weighted by atomic mass is 9.95. The highest BCUT2D eigenvalue weighted by Gasteiger charge is 2.21. The quantitative estimate of drug-likeness (QED) is 0.256. The van der Waals surface area contributed by atoms with Gasteiger partial charge in [0, 0.05) is 22.7 Å². The Hall–Kier alpha value is -5.02. The fraction of sp³-hybridized carbons (Fsp3) is 0. The molecular weight excluding hydrogens is 450 g/mol. The van der Waals surface area contributed by atoms with E-state index in [2.05, 4.69) is 119 Å². The molecule has 3 nitrogen and oxygen atoms in total. The van der Waals surface area contributed by atoms with E-state index in [1.54, 1.807) is 0 Å². The summed E-state index contributed by atoms with van der Waals surface area (Å²) in [6, 6.07) is 46.5. The molecule has 0 aliphatic heterocycles. The normalized spacial score (nSPS) is 11.2. The van der Waals surface area contributed by atoms with Crippen LogP contribution in [0.1, 0.15) is 0 Å². The van der Waals surface area contributed by atoms with E-state index in [0.717, 1.165) is 44.7 Å². The van der Waals surface area contributed by atoms with E-state index >= 15 is 0 Å². The van der Waals surface area contributed by atoms with Gasteiger partial charge in [-0.25, -0.2) is 4.52 Å². The molecule has 0 atom stereocenters. The first-order valence-corrected chi connectivity index (χ1v) is 12.4. The van der Waals surface area contributed by atoms with Crippen LogP contribution in [0.2, 0.25) is 0 Å². The van der Waals surface area contributed by atoms with Crippen molar-refractivity contribution in [1.29, 1.82) is 0 Å². The fourth-order valence-corrected chi connectivity index (χ4v) is 5.14. The highest BCUT2D eigenvalue weighted by atomic mass is 15.2. The molecule has 0 amide bonds. The van der Waals surface area contributed by atoms with Gasteiger partial charge >= 0.3 is 0 Å². The third-order valence-corrected chi connectivity index (χ3v) is 6.85. The van der Waals surface area contributed by atoms with Gasteiger partial charge in [-0.1, -0.05) is 109 Å². The van der Waals surface area contributed by atoms with E-state index in [9.17, 15) is 0 Å². The van der Waals surface area contributed by atoms with Gasteiger partial charge in [0.25, 0.3) is 0 Å². The Labute approximate surface area is 215 Å². The van der Waals surface area contributed by atoms with Gasteiger partial charge in [-0.05, 0) is 46.3 Å². The largest absolute Gasteiger partial charge is 0.255 e. The van der Waals surface area contributed by atoms with Gasteiger partial charge in [-0.15, -0.1) is 0 Å². The molecule has 0 bridgehead atoms. The van der Waals surface area contributed by atoms with Gasteiger partial charge in [0.15, 0.2) is 0 Å². The van der Waals surface area contributed by atoms with Crippen LogP contribution in [0.3, 0.4) is 0 Å². The molecular formula is C34H23N3.